The first-order valence-electron chi connectivity index (χ1n) is 7.13. The standard InChI is InChI=1S/C15H11Cl3N2O6S/c1-8(15(21)22)19(13-7-10(17)9(16)6-11(13)18)27(25,26)14-5-3-2-4-12(14)20(23)24/h2-8H,1H3,(H,21,22). The number of benzene rings is 2. The first-order valence-corrected chi connectivity index (χ1v) is 9.71. The van der Waals surface area contributed by atoms with E-state index in [0.29, 0.717) is 4.31 Å². The molecule has 0 amide bonds. The summed E-state index contributed by atoms with van der Waals surface area (Å²) in [4.78, 5) is 21.2. The number of nitrogens with zero attached hydrogens (tertiary/aromatic N) is 2. The molecular formula is C15H11Cl3N2O6S. The van der Waals surface area contributed by atoms with Crippen molar-refractivity contribution in [2.24, 2.45) is 0 Å². The van der Waals surface area contributed by atoms with E-state index in [-0.39, 0.29) is 20.8 Å². The van der Waals surface area contributed by atoms with Crippen molar-refractivity contribution in [1.29, 1.82) is 0 Å². The zero-order valence-electron chi connectivity index (χ0n) is 13.5. The molecular weight excluding hydrogens is 443 g/mol. The molecule has 12 heteroatoms. The van der Waals surface area contributed by atoms with Crippen LogP contribution in [-0.2, 0) is 14.8 Å². The maximum atomic E-state index is 13.2. The van der Waals surface area contributed by atoms with Crippen LogP contribution >= 0.6 is 34.8 Å². The van der Waals surface area contributed by atoms with Crippen LogP contribution in [0.2, 0.25) is 15.1 Å². The molecule has 1 atom stereocenters. The van der Waals surface area contributed by atoms with Crippen LogP contribution in [0.1, 0.15) is 6.92 Å². The maximum Gasteiger partial charge on any atom is 0.327 e. The van der Waals surface area contributed by atoms with Gasteiger partial charge in [-0.3, -0.25) is 14.4 Å². The Balaban J connectivity index is 2.82. The molecule has 0 bridgehead atoms. The molecule has 0 heterocycles. The highest BCUT2D eigenvalue weighted by Gasteiger charge is 2.38. The van der Waals surface area contributed by atoms with E-state index in [9.17, 15) is 28.4 Å². The van der Waals surface area contributed by atoms with Crippen LogP contribution in [0.5, 0.6) is 0 Å². The quantitative estimate of drug-likeness (QED) is 0.397. The van der Waals surface area contributed by atoms with Crippen LogP contribution in [0.4, 0.5) is 11.4 Å². The number of nitro groups is 1. The molecule has 0 spiro atoms. The SMILES string of the molecule is CC(C(=O)O)N(c1cc(Cl)c(Cl)cc1Cl)S(=O)(=O)c1ccccc1[N+](=O)[O-]. The number of carboxylic acid groups (broad SMARTS) is 1. The highest BCUT2D eigenvalue weighted by atomic mass is 35.5. The highest BCUT2D eigenvalue weighted by molar-refractivity contribution is 7.93. The molecule has 0 aliphatic carbocycles. The summed E-state index contributed by atoms with van der Waals surface area (Å²) in [6.07, 6.45) is 0. The summed E-state index contributed by atoms with van der Waals surface area (Å²) in [5.41, 5.74) is -0.990. The Hall–Kier alpha value is -2.07. The Morgan fingerprint density at radius 3 is 2.26 bits per heavy atom. The normalized spacial score (nSPS) is 12.4. The van der Waals surface area contributed by atoms with Crippen molar-refractivity contribution in [2.45, 2.75) is 17.9 Å². The molecule has 0 saturated carbocycles. The number of para-hydroxylation sites is 1. The van der Waals surface area contributed by atoms with Crippen LogP contribution in [-0.4, -0.2) is 30.5 Å². The van der Waals surface area contributed by atoms with Crippen LogP contribution in [0.3, 0.4) is 0 Å². The number of hydrogen-bond acceptors (Lipinski definition) is 5. The molecule has 2 aromatic rings. The maximum absolute atomic E-state index is 13.2. The molecule has 1 N–H and O–H groups in total. The van der Waals surface area contributed by atoms with Crippen LogP contribution in [0.15, 0.2) is 41.3 Å². The lowest BCUT2D eigenvalue weighted by Gasteiger charge is -2.28. The predicted octanol–water partition coefficient (Wildman–Crippen LogP) is 4.22. The summed E-state index contributed by atoms with van der Waals surface area (Å²) in [6.45, 7) is 1.09. The molecule has 2 aromatic carbocycles. The van der Waals surface area contributed by atoms with Gasteiger partial charge in [-0.2, -0.15) is 0 Å². The lowest BCUT2D eigenvalue weighted by molar-refractivity contribution is -0.387. The molecule has 27 heavy (non-hydrogen) atoms. The summed E-state index contributed by atoms with van der Waals surface area (Å²) >= 11 is 17.8. The van der Waals surface area contributed by atoms with E-state index in [2.05, 4.69) is 0 Å². The Morgan fingerprint density at radius 1 is 1.15 bits per heavy atom. The van der Waals surface area contributed by atoms with Gasteiger partial charge in [0.2, 0.25) is 0 Å². The third kappa shape index (κ3) is 4.11. The topological polar surface area (TPSA) is 118 Å². The average molecular weight is 454 g/mol. The van der Waals surface area contributed by atoms with Gasteiger partial charge in [0.15, 0.2) is 4.90 Å². The molecule has 0 aliphatic rings. The fourth-order valence-electron chi connectivity index (χ4n) is 2.26. The van der Waals surface area contributed by atoms with Crippen molar-refractivity contribution < 1.29 is 23.2 Å². The summed E-state index contributed by atoms with van der Waals surface area (Å²) in [7, 11) is -4.70. The number of halogens is 3. The fraction of sp³-hybridized carbons (Fsp3) is 0.133. The van der Waals surface area contributed by atoms with E-state index < -0.39 is 37.5 Å². The molecule has 144 valence electrons. The third-order valence-electron chi connectivity index (χ3n) is 3.54. The smallest absolute Gasteiger partial charge is 0.327 e. The molecule has 1 unspecified atom stereocenters. The minimum Gasteiger partial charge on any atom is -0.480 e. The molecule has 0 aromatic heterocycles. The van der Waals surface area contributed by atoms with Crippen molar-refractivity contribution in [1.82, 2.24) is 0 Å². The number of hydrogen-bond donors (Lipinski definition) is 1. The monoisotopic (exact) mass is 452 g/mol. The number of rotatable bonds is 6. The molecule has 0 fully saturated rings. The van der Waals surface area contributed by atoms with E-state index in [1.807, 2.05) is 0 Å². The van der Waals surface area contributed by atoms with E-state index >= 15 is 0 Å². The van der Waals surface area contributed by atoms with E-state index in [1.165, 1.54) is 12.1 Å². The Kier molecular flexibility index (Phi) is 6.21. The molecule has 0 saturated heterocycles. The molecule has 0 radical (unpaired) electrons. The summed E-state index contributed by atoms with van der Waals surface area (Å²) in [5.74, 6) is -1.50. The van der Waals surface area contributed by atoms with Gasteiger partial charge in [-0.1, -0.05) is 46.9 Å². The van der Waals surface area contributed by atoms with Gasteiger partial charge in [-0.25, -0.2) is 13.2 Å². The van der Waals surface area contributed by atoms with Crippen molar-refractivity contribution in [2.75, 3.05) is 4.31 Å². The Morgan fingerprint density at radius 2 is 1.70 bits per heavy atom. The van der Waals surface area contributed by atoms with Crippen molar-refractivity contribution in [3.63, 3.8) is 0 Å². The van der Waals surface area contributed by atoms with E-state index in [0.717, 1.165) is 31.2 Å². The average Bonchev–Trinajstić information content (AvgIpc) is 2.59. The fourth-order valence-corrected chi connectivity index (χ4v) is 4.73. The number of anilines is 1. The van der Waals surface area contributed by atoms with Gasteiger partial charge in [-0.15, -0.1) is 0 Å². The number of carboxylic acids is 1. The molecule has 2 rings (SSSR count). The van der Waals surface area contributed by atoms with Gasteiger partial charge in [0.1, 0.15) is 6.04 Å². The van der Waals surface area contributed by atoms with Crippen LogP contribution < -0.4 is 4.31 Å². The highest BCUT2D eigenvalue weighted by Crippen LogP contribution is 2.39. The zero-order chi connectivity index (χ0) is 20.5. The van der Waals surface area contributed by atoms with Crippen molar-refractivity contribution >= 4 is 62.2 Å². The predicted molar refractivity (Wildman–Crippen MR) is 101 cm³/mol. The number of nitro benzene ring substituents is 1. The van der Waals surface area contributed by atoms with Gasteiger partial charge >= 0.3 is 5.97 Å². The lowest BCUT2D eigenvalue weighted by atomic mass is 10.2. The second-order valence-electron chi connectivity index (χ2n) is 5.26. The Bertz CT molecular complexity index is 1030. The van der Waals surface area contributed by atoms with Gasteiger partial charge in [0.25, 0.3) is 15.7 Å². The first-order chi connectivity index (χ1) is 12.5. The van der Waals surface area contributed by atoms with Gasteiger partial charge in [0.05, 0.1) is 25.7 Å². The number of sulfonamides is 1. The van der Waals surface area contributed by atoms with Gasteiger partial charge in [-0.05, 0) is 25.1 Å². The van der Waals surface area contributed by atoms with Gasteiger partial charge < -0.3 is 5.11 Å². The summed E-state index contributed by atoms with van der Waals surface area (Å²) in [6, 6.07) is 5.14. The summed E-state index contributed by atoms with van der Waals surface area (Å²) in [5, 5.41) is 20.4. The first kappa shape index (κ1) is 21.2. The summed E-state index contributed by atoms with van der Waals surface area (Å²) < 4.78 is 26.8. The van der Waals surface area contributed by atoms with E-state index in [4.69, 9.17) is 34.8 Å². The lowest BCUT2D eigenvalue weighted by Crippen LogP contribution is -2.43. The molecule has 0 aliphatic heterocycles. The second kappa shape index (κ2) is 7.89. The Labute approximate surface area is 169 Å². The second-order valence-corrected chi connectivity index (χ2v) is 8.26. The zero-order valence-corrected chi connectivity index (χ0v) is 16.6. The van der Waals surface area contributed by atoms with Crippen molar-refractivity contribution in [3.05, 3.63) is 61.6 Å². The molecule has 8 nitrogen and oxygen atoms in total. The van der Waals surface area contributed by atoms with Crippen molar-refractivity contribution in [3.8, 4) is 0 Å². The largest absolute Gasteiger partial charge is 0.480 e. The minimum atomic E-state index is -4.70. The number of carbonyl (C=O) groups is 1. The minimum absolute atomic E-state index is 0.0245. The van der Waals surface area contributed by atoms with E-state index in [1.54, 1.807) is 0 Å². The third-order valence-corrected chi connectivity index (χ3v) is 6.49. The van der Waals surface area contributed by atoms with Crippen LogP contribution in [0.25, 0.3) is 0 Å². The number of aliphatic carboxylic acids is 1. The van der Waals surface area contributed by atoms with Crippen LogP contribution in [0, 0.1) is 10.1 Å². The van der Waals surface area contributed by atoms with Gasteiger partial charge in [0, 0.05) is 6.07 Å².